The average molecular weight is 350 g/mol. The molecule has 0 radical (unpaired) electrons. The zero-order chi connectivity index (χ0) is 15.0. The molecule has 0 saturated heterocycles. The van der Waals surface area contributed by atoms with Crippen molar-refractivity contribution >= 4 is 43.9 Å². The Labute approximate surface area is 127 Å². The molecule has 21 heavy (non-hydrogen) atoms. The fourth-order valence-electron chi connectivity index (χ4n) is 2.10. The lowest BCUT2D eigenvalue weighted by Crippen LogP contribution is -1.99. The van der Waals surface area contributed by atoms with Crippen molar-refractivity contribution in [3.63, 3.8) is 0 Å². The van der Waals surface area contributed by atoms with E-state index in [-0.39, 0.29) is 5.69 Å². The highest BCUT2D eigenvalue weighted by molar-refractivity contribution is 9.10. The van der Waals surface area contributed by atoms with Crippen LogP contribution in [0.2, 0.25) is 0 Å². The highest BCUT2D eigenvalue weighted by Gasteiger charge is 2.12. The summed E-state index contributed by atoms with van der Waals surface area (Å²) in [5.41, 5.74) is 7.26. The summed E-state index contributed by atoms with van der Waals surface area (Å²) >= 11 is 3.05. The van der Waals surface area contributed by atoms with Gasteiger partial charge < -0.3 is 11.1 Å². The molecule has 0 saturated carbocycles. The zero-order valence-corrected chi connectivity index (χ0v) is 12.3. The van der Waals surface area contributed by atoms with Gasteiger partial charge in [0.05, 0.1) is 11.2 Å². The second-order valence-corrected chi connectivity index (χ2v) is 5.39. The van der Waals surface area contributed by atoms with Gasteiger partial charge in [-0.2, -0.15) is 0 Å². The second kappa shape index (κ2) is 5.29. The van der Waals surface area contributed by atoms with E-state index in [2.05, 4.69) is 26.2 Å². The summed E-state index contributed by atoms with van der Waals surface area (Å²) in [7, 11) is 0. The number of nitrogens with zero attached hydrogens (tertiary/aromatic N) is 1. The number of nitrogens with one attached hydrogen (secondary N) is 1. The smallest absolute Gasteiger partial charge is 0.150 e. The van der Waals surface area contributed by atoms with Gasteiger partial charge in [-0.25, -0.2) is 8.78 Å². The van der Waals surface area contributed by atoms with Gasteiger partial charge in [0.15, 0.2) is 11.6 Å². The van der Waals surface area contributed by atoms with Gasteiger partial charge in [0.25, 0.3) is 0 Å². The molecule has 0 unspecified atom stereocenters. The Balaban J connectivity index is 2.13. The van der Waals surface area contributed by atoms with Gasteiger partial charge >= 0.3 is 0 Å². The van der Waals surface area contributed by atoms with E-state index in [1.54, 1.807) is 24.3 Å². The molecule has 106 valence electrons. The first-order valence-corrected chi connectivity index (χ1v) is 6.90. The zero-order valence-electron chi connectivity index (χ0n) is 10.7. The van der Waals surface area contributed by atoms with Crippen molar-refractivity contribution in [2.75, 3.05) is 11.1 Å². The minimum absolute atomic E-state index is 0.215. The van der Waals surface area contributed by atoms with Gasteiger partial charge in [-0.05, 0) is 24.3 Å². The SMILES string of the molecule is Nc1cccc2c(Nc3c(F)cc(Br)cc3F)ccnc12. The van der Waals surface area contributed by atoms with E-state index in [4.69, 9.17) is 5.73 Å². The molecule has 0 aliphatic rings. The van der Waals surface area contributed by atoms with Crippen LogP contribution in [0, 0.1) is 11.6 Å². The molecule has 3 rings (SSSR count). The summed E-state index contributed by atoms with van der Waals surface area (Å²) in [6.45, 7) is 0. The van der Waals surface area contributed by atoms with Crippen molar-refractivity contribution in [1.29, 1.82) is 0 Å². The maximum Gasteiger partial charge on any atom is 0.150 e. The van der Waals surface area contributed by atoms with Gasteiger partial charge in [0.2, 0.25) is 0 Å². The molecule has 0 fully saturated rings. The average Bonchev–Trinajstić information content (AvgIpc) is 2.43. The van der Waals surface area contributed by atoms with Gasteiger partial charge in [0, 0.05) is 21.7 Å². The van der Waals surface area contributed by atoms with E-state index in [0.717, 1.165) is 0 Å². The first kappa shape index (κ1) is 13.8. The quantitative estimate of drug-likeness (QED) is 0.664. The molecular weight excluding hydrogens is 340 g/mol. The Morgan fingerprint density at radius 2 is 1.81 bits per heavy atom. The van der Waals surface area contributed by atoms with Crippen LogP contribution in [0.3, 0.4) is 0 Å². The summed E-state index contributed by atoms with van der Waals surface area (Å²) in [5, 5.41) is 3.47. The van der Waals surface area contributed by atoms with Crippen LogP contribution >= 0.6 is 15.9 Å². The Bertz CT molecular complexity index is 813. The number of rotatable bonds is 2. The minimum Gasteiger partial charge on any atom is -0.397 e. The Hall–Kier alpha value is -2.21. The lowest BCUT2D eigenvalue weighted by molar-refractivity contribution is 0.589. The van der Waals surface area contributed by atoms with E-state index < -0.39 is 11.6 Å². The van der Waals surface area contributed by atoms with E-state index in [1.165, 1.54) is 18.3 Å². The van der Waals surface area contributed by atoms with Crippen LogP contribution in [-0.4, -0.2) is 4.98 Å². The number of benzene rings is 2. The molecule has 6 heteroatoms. The summed E-state index contributed by atoms with van der Waals surface area (Å²) in [6, 6.07) is 9.31. The molecule has 2 aromatic carbocycles. The lowest BCUT2D eigenvalue weighted by atomic mass is 10.1. The van der Waals surface area contributed by atoms with Crippen LogP contribution in [0.25, 0.3) is 10.9 Å². The molecule has 3 N–H and O–H groups in total. The number of pyridine rings is 1. The molecule has 3 nitrogen and oxygen atoms in total. The van der Waals surface area contributed by atoms with Crippen LogP contribution in [0.5, 0.6) is 0 Å². The number of hydrogen-bond donors (Lipinski definition) is 2. The molecule has 0 bridgehead atoms. The third-order valence-corrected chi connectivity index (χ3v) is 3.53. The molecule has 0 amide bonds. The fourth-order valence-corrected chi connectivity index (χ4v) is 2.51. The number of hydrogen-bond acceptors (Lipinski definition) is 3. The minimum atomic E-state index is -0.684. The first-order valence-electron chi connectivity index (χ1n) is 6.11. The van der Waals surface area contributed by atoms with E-state index in [9.17, 15) is 8.78 Å². The maximum atomic E-state index is 13.9. The van der Waals surface area contributed by atoms with Crippen LogP contribution in [0.15, 0.2) is 47.1 Å². The Kier molecular flexibility index (Phi) is 3.47. The number of anilines is 3. The number of para-hydroxylation sites is 1. The van der Waals surface area contributed by atoms with Gasteiger partial charge in [-0.1, -0.05) is 28.1 Å². The molecular formula is C15H10BrF2N3. The summed E-state index contributed by atoms with van der Waals surface area (Å²) in [4.78, 5) is 4.18. The predicted octanol–water partition coefficient (Wildman–Crippen LogP) is 4.60. The molecule has 1 heterocycles. The van der Waals surface area contributed by atoms with Crippen LogP contribution in [0.1, 0.15) is 0 Å². The number of fused-ring (bicyclic) bond motifs is 1. The normalized spacial score (nSPS) is 10.8. The van der Waals surface area contributed by atoms with Crippen molar-refractivity contribution in [3.8, 4) is 0 Å². The maximum absolute atomic E-state index is 13.9. The highest BCUT2D eigenvalue weighted by atomic mass is 79.9. The molecule has 0 aliphatic heterocycles. The third kappa shape index (κ3) is 2.54. The van der Waals surface area contributed by atoms with Gasteiger partial charge in [-0.3, -0.25) is 4.98 Å². The standard InChI is InChI=1S/C15H10BrF2N3/c16-8-6-10(17)15(11(18)7-8)21-13-4-5-20-14-9(13)2-1-3-12(14)19/h1-7H,19H2,(H,20,21). The van der Waals surface area contributed by atoms with E-state index in [1.807, 2.05) is 0 Å². The molecule has 0 spiro atoms. The summed E-state index contributed by atoms with van der Waals surface area (Å²) < 4.78 is 28.1. The van der Waals surface area contributed by atoms with Crippen molar-refractivity contribution in [3.05, 3.63) is 58.7 Å². The summed E-state index contributed by atoms with van der Waals surface area (Å²) in [5.74, 6) is -1.37. The Morgan fingerprint density at radius 3 is 2.52 bits per heavy atom. The number of nitrogen functional groups attached to an aromatic ring is 1. The largest absolute Gasteiger partial charge is 0.397 e. The topological polar surface area (TPSA) is 50.9 Å². The van der Waals surface area contributed by atoms with Gasteiger partial charge in [0.1, 0.15) is 5.69 Å². The van der Waals surface area contributed by atoms with E-state index >= 15 is 0 Å². The lowest BCUT2D eigenvalue weighted by Gasteiger charge is -2.12. The third-order valence-electron chi connectivity index (χ3n) is 3.07. The fraction of sp³-hybridized carbons (Fsp3) is 0. The van der Waals surface area contributed by atoms with Gasteiger partial charge in [-0.15, -0.1) is 0 Å². The van der Waals surface area contributed by atoms with Crippen molar-refractivity contribution in [2.24, 2.45) is 0 Å². The second-order valence-electron chi connectivity index (χ2n) is 4.47. The number of aromatic nitrogens is 1. The number of halogens is 3. The molecule has 1 aromatic heterocycles. The summed E-state index contributed by atoms with van der Waals surface area (Å²) in [6.07, 6.45) is 1.54. The monoisotopic (exact) mass is 349 g/mol. The highest BCUT2D eigenvalue weighted by Crippen LogP contribution is 2.31. The Morgan fingerprint density at radius 1 is 1.10 bits per heavy atom. The molecule has 3 aromatic rings. The van der Waals surface area contributed by atoms with Crippen molar-refractivity contribution in [2.45, 2.75) is 0 Å². The van der Waals surface area contributed by atoms with Crippen LogP contribution in [-0.2, 0) is 0 Å². The first-order chi connectivity index (χ1) is 10.1. The molecule has 0 atom stereocenters. The number of nitrogens with two attached hydrogens (primary N) is 1. The van der Waals surface area contributed by atoms with E-state index in [0.29, 0.717) is 26.8 Å². The van der Waals surface area contributed by atoms with Crippen molar-refractivity contribution in [1.82, 2.24) is 4.98 Å². The van der Waals surface area contributed by atoms with Crippen LogP contribution < -0.4 is 11.1 Å². The van der Waals surface area contributed by atoms with Crippen molar-refractivity contribution < 1.29 is 8.78 Å². The van der Waals surface area contributed by atoms with Crippen LogP contribution in [0.4, 0.5) is 25.8 Å². The molecule has 0 aliphatic carbocycles. The predicted molar refractivity (Wildman–Crippen MR) is 83.5 cm³/mol.